The van der Waals surface area contributed by atoms with Crippen molar-refractivity contribution in [3.05, 3.63) is 17.0 Å². The maximum atomic E-state index is 11.9. The second-order valence-corrected chi connectivity index (χ2v) is 4.11. The fourth-order valence-electron chi connectivity index (χ4n) is 1.73. The summed E-state index contributed by atoms with van der Waals surface area (Å²) >= 11 is 0. The zero-order chi connectivity index (χ0) is 13.5. The molecule has 0 unspecified atom stereocenters. The molecule has 0 radical (unpaired) electrons. The molecule has 1 aromatic heterocycles. The van der Waals surface area contributed by atoms with Gasteiger partial charge in [-0.15, -0.1) is 0 Å². The van der Waals surface area contributed by atoms with E-state index in [2.05, 4.69) is 10.4 Å². The molecule has 0 aromatic carbocycles. The van der Waals surface area contributed by atoms with Crippen LogP contribution in [-0.4, -0.2) is 47.2 Å². The Morgan fingerprint density at radius 3 is 2.72 bits per heavy atom. The summed E-state index contributed by atoms with van der Waals surface area (Å²) in [5.41, 5.74) is 2.25. The van der Waals surface area contributed by atoms with Crippen molar-refractivity contribution >= 4 is 5.91 Å². The summed E-state index contributed by atoms with van der Waals surface area (Å²) in [6.07, 6.45) is 0.726. The first-order valence-corrected chi connectivity index (χ1v) is 6.05. The predicted molar refractivity (Wildman–Crippen MR) is 67.5 cm³/mol. The summed E-state index contributed by atoms with van der Waals surface area (Å²) in [5.74, 6) is -0.0970. The fourth-order valence-corrected chi connectivity index (χ4v) is 1.73. The van der Waals surface area contributed by atoms with Crippen LogP contribution in [-0.2, 0) is 11.8 Å². The van der Waals surface area contributed by atoms with Crippen molar-refractivity contribution in [1.29, 1.82) is 0 Å². The molecule has 0 atom stereocenters. The Hall–Kier alpha value is -1.40. The molecule has 1 amide bonds. The van der Waals surface area contributed by atoms with Crippen LogP contribution in [0.3, 0.4) is 0 Å². The molecule has 1 rings (SSSR count). The number of aliphatic hydroxyl groups excluding tert-OH is 1. The van der Waals surface area contributed by atoms with Crippen LogP contribution >= 0.6 is 0 Å². The highest BCUT2D eigenvalue weighted by molar-refractivity contribution is 5.96. The van der Waals surface area contributed by atoms with Gasteiger partial charge in [0.1, 0.15) is 0 Å². The number of rotatable bonds is 7. The number of aliphatic hydroxyl groups is 1. The molecular formula is C12H21N3O3. The second kappa shape index (κ2) is 7.13. The third-order valence-corrected chi connectivity index (χ3v) is 2.72. The minimum Gasteiger partial charge on any atom is -0.394 e. The highest BCUT2D eigenvalue weighted by Crippen LogP contribution is 2.11. The number of amides is 1. The van der Waals surface area contributed by atoms with Crippen LogP contribution in [0.2, 0.25) is 0 Å². The van der Waals surface area contributed by atoms with Crippen LogP contribution < -0.4 is 5.32 Å². The SMILES string of the molecule is Cc1nn(C)c(C)c1C(=O)NCCCOCCO. The number of nitrogens with one attached hydrogen (secondary N) is 1. The van der Waals surface area contributed by atoms with E-state index in [0.29, 0.717) is 25.3 Å². The first-order valence-electron chi connectivity index (χ1n) is 6.05. The molecule has 102 valence electrons. The zero-order valence-electron chi connectivity index (χ0n) is 11.2. The molecule has 1 aromatic rings. The molecule has 0 fully saturated rings. The van der Waals surface area contributed by atoms with Crippen LogP contribution in [0.5, 0.6) is 0 Å². The number of ether oxygens (including phenoxy) is 1. The van der Waals surface area contributed by atoms with Gasteiger partial charge in [0.15, 0.2) is 0 Å². The Labute approximate surface area is 107 Å². The molecule has 1 heterocycles. The van der Waals surface area contributed by atoms with Crippen molar-refractivity contribution in [2.75, 3.05) is 26.4 Å². The summed E-state index contributed by atoms with van der Waals surface area (Å²) in [6.45, 7) is 5.16. The molecule has 0 aliphatic rings. The van der Waals surface area contributed by atoms with Gasteiger partial charge in [-0.2, -0.15) is 5.10 Å². The monoisotopic (exact) mass is 255 g/mol. The minimum absolute atomic E-state index is 0.0282. The number of hydrogen-bond donors (Lipinski definition) is 2. The van der Waals surface area contributed by atoms with E-state index in [-0.39, 0.29) is 12.5 Å². The molecule has 6 heteroatoms. The third-order valence-electron chi connectivity index (χ3n) is 2.72. The maximum Gasteiger partial charge on any atom is 0.255 e. The lowest BCUT2D eigenvalue weighted by atomic mass is 10.2. The molecule has 0 saturated carbocycles. The van der Waals surface area contributed by atoms with E-state index < -0.39 is 0 Å². The van der Waals surface area contributed by atoms with E-state index in [1.807, 2.05) is 20.9 Å². The molecule has 0 aliphatic heterocycles. The van der Waals surface area contributed by atoms with Gasteiger partial charge in [0, 0.05) is 25.9 Å². The molecule has 18 heavy (non-hydrogen) atoms. The lowest BCUT2D eigenvalue weighted by molar-refractivity contribution is 0.0867. The van der Waals surface area contributed by atoms with Gasteiger partial charge in [0.25, 0.3) is 5.91 Å². The van der Waals surface area contributed by atoms with Gasteiger partial charge in [0.2, 0.25) is 0 Å². The van der Waals surface area contributed by atoms with Crippen molar-refractivity contribution < 1.29 is 14.6 Å². The minimum atomic E-state index is -0.0970. The van der Waals surface area contributed by atoms with Crippen molar-refractivity contribution in [3.8, 4) is 0 Å². The highest BCUT2D eigenvalue weighted by atomic mass is 16.5. The Balaban J connectivity index is 2.37. The van der Waals surface area contributed by atoms with Crippen LogP contribution in [0.15, 0.2) is 0 Å². The lowest BCUT2D eigenvalue weighted by Gasteiger charge is -2.06. The van der Waals surface area contributed by atoms with Crippen LogP contribution in [0, 0.1) is 13.8 Å². The smallest absolute Gasteiger partial charge is 0.255 e. The van der Waals surface area contributed by atoms with E-state index in [4.69, 9.17) is 9.84 Å². The van der Waals surface area contributed by atoms with Gasteiger partial charge in [-0.25, -0.2) is 0 Å². The molecule has 0 spiro atoms. The summed E-state index contributed by atoms with van der Waals surface area (Å²) in [5, 5.41) is 15.6. The summed E-state index contributed by atoms with van der Waals surface area (Å²) in [4.78, 5) is 11.9. The van der Waals surface area contributed by atoms with Gasteiger partial charge in [-0.3, -0.25) is 9.48 Å². The normalized spacial score (nSPS) is 10.7. The Bertz CT molecular complexity index is 402. The molecule has 0 aliphatic carbocycles. The number of carbonyl (C=O) groups is 1. The van der Waals surface area contributed by atoms with Crippen LogP contribution in [0.25, 0.3) is 0 Å². The third kappa shape index (κ3) is 3.82. The molecule has 2 N–H and O–H groups in total. The van der Waals surface area contributed by atoms with Crippen LogP contribution in [0.4, 0.5) is 0 Å². The standard InChI is InChI=1S/C12H21N3O3/c1-9-11(10(2)15(3)14-9)12(17)13-5-4-7-18-8-6-16/h16H,4-8H2,1-3H3,(H,13,17). The number of carbonyl (C=O) groups excluding carboxylic acids is 1. The van der Waals surface area contributed by atoms with Crippen molar-refractivity contribution in [2.45, 2.75) is 20.3 Å². The highest BCUT2D eigenvalue weighted by Gasteiger charge is 2.16. The van der Waals surface area contributed by atoms with E-state index in [9.17, 15) is 4.79 Å². The zero-order valence-corrected chi connectivity index (χ0v) is 11.2. The topological polar surface area (TPSA) is 76.4 Å². The Morgan fingerprint density at radius 1 is 1.44 bits per heavy atom. The fraction of sp³-hybridized carbons (Fsp3) is 0.667. The average Bonchev–Trinajstić information content (AvgIpc) is 2.58. The number of nitrogens with zero attached hydrogens (tertiary/aromatic N) is 2. The predicted octanol–water partition coefficient (Wildman–Crippen LogP) is 0.166. The summed E-state index contributed by atoms with van der Waals surface area (Å²) < 4.78 is 6.81. The van der Waals surface area contributed by atoms with Crippen LogP contribution in [0.1, 0.15) is 28.2 Å². The van der Waals surface area contributed by atoms with E-state index in [0.717, 1.165) is 17.8 Å². The second-order valence-electron chi connectivity index (χ2n) is 4.11. The Morgan fingerprint density at radius 2 is 2.17 bits per heavy atom. The lowest BCUT2D eigenvalue weighted by Crippen LogP contribution is -2.26. The molecule has 6 nitrogen and oxygen atoms in total. The Kier molecular flexibility index (Phi) is 5.80. The average molecular weight is 255 g/mol. The van der Waals surface area contributed by atoms with Crippen molar-refractivity contribution in [2.24, 2.45) is 7.05 Å². The summed E-state index contributed by atoms with van der Waals surface area (Å²) in [6, 6.07) is 0. The van der Waals surface area contributed by atoms with Gasteiger partial charge in [-0.05, 0) is 20.3 Å². The quantitative estimate of drug-likeness (QED) is 0.681. The molecule has 0 saturated heterocycles. The number of hydrogen-bond acceptors (Lipinski definition) is 4. The van der Waals surface area contributed by atoms with E-state index in [1.165, 1.54) is 0 Å². The maximum absolute atomic E-state index is 11.9. The van der Waals surface area contributed by atoms with E-state index in [1.54, 1.807) is 4.68 Å². The van der Waals surface area contributed by atoms with Gasteiger partial charge < -0.3 is 15.2 Å². The van der Waals surface area contributed by atoms with Crippen molar-refractivity contribution in [1.82, 2.24) is 15.1 Å². The summed E-state index contributed by atoms with van der Waals surface area (Å²) in [7, 11) is 1.82. The first kappa shape index (κ1) is 14.7. The van der Waals surface area contributed by atoms with Gasteiger partial charge in [0.05, 0.1) is 24.5 Å². The number of aromatic nitrogens is 2. The largest absolute Gasteiger partial charge is 0.394 e. The molecule has 0 bridgehead atoms. The first-order chi connectivity index (χ1) is 8.57. The van der Waals surface area contributed by atoms with Crippen molar-refractivity contribution in [3.63, 3.8) is 0 Å². The molecular weight excluding hydrogens is 234 g/mol. The number of aryl methyl sites for hydroxylation is 2. The van der Waals surface area contributed by atoms with Gasteiger partial charge in [-0.1, -0.05) is 0 Å². The van der Waals surface area contributed by atoms with E-state index >= 15 is 0 Å². The van der Waals surface area contributed by atoms with Gasteiger partial charge >= 0.3 is 0 Å².